The number of nitrogens with zero attached hydrogens (tertiary/aromatic N) is 1. The normalized spacial score (nSPS) is 15.8. The summed E-state index contributed by atoms with van der Waals surface area (Å²) in [5, 5.41) is 9.21. The first-order chi connectivity index (χ1) is 9.65. The summed E-state index contributed by atoms with van der Waals surface area (Å²) in [5.74, 6) is -1.20. The molecular formula is C16H21NO3. The van der Waals surface area contributed by atoms with E-state index in [1.807, 2.05) is 11.8 Å². The number of hydrogen-bond acceptors (Lipinski definition) is 2. The Morgan fingerprint density at radius 1 is 1.15 bits per heavy atom. The van der Waals surface area contributed by atoms with Crippen molar-refractivity contribution in [3.63, 3.8) is 0 Å². The van der Waals surface area contributed by atoms with E-state index in [-0.39, 0.29) is 17.5 Å². The topological polar surface area (TPSA) is 57.6 Å². The molecule has 0 aromatic heterocycles. The average Bonchev–Trinajstić information content (AvgIpc) is 2.49. The van der Waals surface area contributed by atoms with E-state index in [1.54, 1.807) is 18.2 Å². The molecule has 4 heteroatoms. The Labute approximate surface area is 119 Å². The molecule has 0 unspecified atom stereocenters. The number of benzene rings is 1. The summed E-state index contributed by atoms with van der Waals surface area (Å²) in [7, 11) is 0. The molecule has 1 aliphatic rings. The summed E-state index contributed by atoms with van der Waals surface area (Å²) >= 11 is 0. The maximum absolute atomic E-state index is 12.7. The molecule has 1 aromatic carbocycles. The molecule has 2 rings (SSSR count). The standard InChI is InChI=1S/C16H21NO3/c1-2-17(12-8-4-3-5-9-12)15(18)13-10-6-7-11-14(13)16(19)20/h6-7,10-12H,2-5,8-9H2,1H3,(H,19,20). The minimum atomic E-state index is -1.05. The highest BCUT2D eigenvalue weighted by Gasteiger charge is 2.27. The second kappa shape index (κ2) is 6.55. The van der Waals surface area contributed by atoms with E-state index in [1.165, 1.54) is 12.5 Å². The average molecular weight is 275 g/mol. The number of rotatable bonds is 4. The van der Waals surface area contributed by atoms with Crippen molar-refractivity contribution in [2.24, 2.45) is 0 Å². The van der Waals surface area contributed by atoms with E-state index in [2.05, 4.69) is 0 Å². The van der Waals surface area contributed by atoms with E-state index in [0.717, 1.165) is 25.7 Å². The molecule has 1 saturated carbocycles. The predicted octanol–water partition coefficient (Wildman–Crippen LogP) is 3.18. The van der Waals surface area contributed by atoms with Crippen LogP contribution in [0.2, 0.25) is 0 Å². The fourth-order valence-corrected chi connectivity index (χ4v) is 2.97. The number of hydrogen-bond donors (Lipinski definition) is 1. The predicted molar refractivity (Wildman–Crippen MR) is 77.0 cm³/mol. The second-order valence-electron chi connectivity index (χ2n) is 5.23. The van der Waals surface area contributed by atoms with Gasteiger partial charge in [-0.3, -0.25) is 4.79 Å². The Hall–Kier alpha value is -1.84. The van der Waals surface area contributed by atoms with Gasteiger partial charge in [-0.1, -0.05) is 31.4 Å². The number of carbonyl (C=O) groups excluding carboxylic acids is 1. The Balaban J connectivity index is 2.26. The van der Waals surface area contributed by atoms with Gasteiger partial charge in [0.15, 0.2) is 0 Å². The van der Waals surface area contributed by atoms with Gasteiger partial charge in [0.2, 0.25) is 0 Å². The summed E-state index contributed by atoms with van der Waals surface area (Å²) in [6.45, 7) is 2.58. The number of aromatic carboxylic acids is 1. The molecule has 1 N–H and O–H groups in total. The van der Waals surface area contributed by atoms with Crippen LogP contribution in [0, 0.1) is 0 Å². The van der Waals surface area contributed by atoms with Crippen LogP contribution < -0.4 is 0 Å². The fraction of sp³-hybridized carbons (Fsp3) is 0.500. The van der Waals surface area contributed by atoms with Gasteiger partial charge in [0.1, 0.15) is 0 Å². The second-order valence-corrected chi connectivity index (χ2v) is 5.23. The Bertz CT molecular complexity index is 492. The zero-order valence-corrected chi connectivity index (χ0v) is 11.8. The van der Waals surface area contributed by atoms with Crippen LogP contribution in [0.5, 0.6) is 0 Å². The van der Waals surface area contributed by atoms with Gasteiger partial charge >= 0.3 is 5.97 Å². The van der Waals surface area contributed by atoms with Crippen molar-refractivity contribution in [3.8, 4) is 0 Å². The van der Waals surface area contributed by atoms with Crippen LogP contribution in [0.15, 0.2) is 24.3 Å². The quantitative estimate of drug-likeness (QED) is 0.918. The minimum Gasteiger partial charge on any atom is -0.478 e. The van der Waals surface area contributed by atoms with E-state index >= 15 is 0 Å². The number of carbonyl (C=O) groups is 2. The molecule has 0 bridgehead atoms. The number of carboxylic acids is 1. The molecule has 0 spiro atoms. The fourth-order valence-electron chi connectivity index (χ4n) is 2.97. The molecule has 0 atom stereocenters. The molecule has 4 nitrogen and oxygen atoms in total. The molecule has 0 aliphatic heterocycles. The van der Waals surface area contributed by atoms with Crippen LogP contribution in [-0.2, 0) is 0 Å². The Morgan fingerprint density at radius 3 is 2.30 bits per heavy atom. The van der Waals surface area contributed by atoms with Crippen molar-refractivity contribution in [2.45, 2.75) is 45.1 Å². The molecule has 0 radical (unpaired) electrons. The third-order valence-electron chi connectivity index (χ3n) is 4.00. The number of carboxylic acid groups (broad SMARTS) is 1. The zero-order valence-electron chi connectivity index (χ0n) is 11.8. The smallest absolute Gasteiger partial charge is 0.336 e. The van der Waals surface area contributed by atoms with Gasteiger partial charge in [-0.25, -0.2) is 4.79 Å². The van der Waals surface area contributed by atoms with Crippen molar-refractivity contribution < 1.29 is 14.7 Å². The lowest BCUT2D eigenvalue weighted by atomic mass is 9.93. The first-order valence-electron chi connectivity index (χ1n) is 7.28. The molecule has 20 heavy (non-hydrogen) atoms. The summed E-state index contributed by atoms with van der Waals surface area (Å²) in [4.78, 5) is 25.7. The molecule has 0 saturated heterocycles. The van der Waals surface area contributed by atoms with E-state index in [9.17, 15) is 14.7 Å². The van der Waals surface area contributed by atoms with Crippen LogP contribution in [-0.4, -0.2) is 34.5 Å². The highest BCUT2D eigenvalue weighted by atomic mass is 16.4. The lowest BCUT2D eigenvalue weighted by Crippen LogP contribution is -2.41. The van der Waals surface area contributed by atoms with Crippen molar-refractivity contribution in [2.75, 3.05) is 6.54 Å². The van der Waals surface area contributed by atoms with Crippen molar-refractivity contribution in [1.82, 2.24) is 4.90 Å². The van der Waals surface area contributed by atoms with Crippen LogP contribution in [0.4, 0.5) is 0 Å². The first-order valence-corrected chi connectivity index (χ1v) is 7.28. The molecule has 1 amide bonds. The van der Waals surface area contributed by atoms with E-state index in [0.29, 0.717) is 12.1 Å². The van der Waals surface area contributed by atoms with Crippen molar-refractivity contribution >= 4 is 11.9 Å². The monoisotopic (exact) mass is 275 g/mol. The minimum absolute atomic E-state index is 0.0896. The van der Waals surface area contributed by atoms with Crippen molar-refractivity contribution in [1.29, 1.82) is 0 Å². The van der Waals surface area contributed by atoms with Gasteiger partial charge in [-0.05, 0) is 31.9 Å². The summed E-state index contributed by atoms with van der Waals surface area (Å²) < 4.78 is 0. The molecule has 1 aliphatic carbocycles. The largest absolute Gasteiger partial charge is 0.478 e. The molecular weight excluding hydrogens is 254 g/mol. The van der Waals surface area contributed by atoms with Crippen LogP contribution in [0.3, 0.4) is 0 Å². The van der Waals surface area contributed by atoms with Gasteiger partial charge in [0, 0.05) is 12.6 Å². The maximum Gasteiger partial charge on any atom is 0.336 e. The van der Waals surface area contributed by atoms with E-state index in [4.69, 9.17) is 0 Å². The maximum atomic E-state index is 12.7. The highest BCUT2D eigenvalue weighted by molar-refractivity contribution is 6.04. The van der Waals surface area contributed by atoms with Gasteiger partial charge < -0.3 is 10.0 Å². The lowest BCUT2D eigenvalue weighted by molar-refractivity contribution is 0.0623. The van der Waals surface area contributed by atoms with Crippen LogP contribution >= 0.6 is 0 Å². The zero-order chi connectivity index (χ0) is 14.5. The SMILES string of the molecule is CCN(C(=O)c1ccccc1C(=O)O)C1CCCCC1. The van der Waals surface area contributed by atoms with Gasteiger partial charge in [-0.15, -0.1) is 0 Å². The van der Waals surface area contributed by atoms with Gasteiger partial charge in [0.25, 0.3) is 5.91 Å². The molecule has 108 valence electrons. The lowest BCUT2D eigenvalue weighted by Gasteiger charge is -2.34. The van der Waals surface area contributed by atoms with Crippen LogP contribution in [0.25, 0.3) is 0 Å². The van der Waals surface area contributed by atoms with Gasteiger partial charge in [0.05, 0.1) is 11.1 Å². The van der Waals surface area contributed by atoms with Gasteiger partial charge in [-0.2, -0.15) is 0 Å². The third-order valence-corrected chi connectivity index (χ3v) is 4.00. The van der Waals surface area contributed by atoms with Crippen molar-refractivity contribution in [3.05, 3.63) is 35.4 Å². The molecule has 1 fully saturated rings. The van der Waals surface area contributed by atoms with Crippen LogP contribution in [0.1, 0.15) is 59.7 Å². The summed E-state index contributed by atoms with van der Waals surface area (Å²) in [6, 6.07) is 6.72. The highest BCUT2D eigenvalue weighted by Crippen LogP contribution is 2.24. The van der Waals surface area contributed by atoms with E-state index < -0.39 is 5.97 Å². The number of amides is 1. The third kappa shape index (κ3) is 3.00. The summed E-state index contributed by atoms with van der Waals surface area (Å²) in [5.41, 5.74) is 0.388. The molecule has 1 aromatic rings. The molecule has 0 heterocycles. The Kier molecular flexibility index (Phi) is 4.77. The first kappa shape index (κ1) is 14.6. The Morgan fingerprint density at radius 2 is 1.75 bits per heavy atom. The summed E-state index contributed by atoms with van der Waals surface area (Å²) in [6.07, 6.45) is 5.57.